The lowest BCUT2D eigenvalue weighted by atomic mass is 9.97. The van der Waals surface area contributed by atoms with E-state index in [1.807, 2.05) is 32.6 Å². The summed E-state index contributed by atoms with van der Waals surface area (Å²) in [5.41, 5.74) is 3.56. The van der Waals surface area contributed by atoms with Gasteiger partial charge in [0, 0.05) is 54.5 Å². The molecule has 0 spiro atoms. The van der Waals surface area contributed by atoms with Crippen molar-refractivity contribution in [1.29, 1.82) is 0 Å². The van der Waals surface area contributed by atoms with Gasteiger partial charge in [-0.15, -0.1) is 0 Å². The maximum Gasteiger partial charge on any atom is 0.223 e. The fourth-order valence-electron chi connectivity index (χ4n) is 5.69. The monoisotopic (exact) mass is 527 g/mol. The summed E-state index contributed by atoms with van der Waals surface area (Å²) >= 11 is 0. The quantitative estimate of drug-likeness (QED) is 0.502. The topological polar surface area (TPSA) is 92.5 Å². The maximum atomic E-state index is 15.1. The van der Waals surface area contributed by atoms with Crippen LogP contribution in [-0.4, -0.2) is 69.2 Å². The third kappa shape index (κ3) is 4.92. The number of aryl methyl sites for hydroxylation is 1. The van der Waals surface area contributed by atoms with Gasteiger partial charge in [-0.3, -0.25) is 9.69 Å². The predicted octanol–water partition coefficient (Wildman–Crippen LogP) is 3.90. The highest BCUT2D eigenvalue weighted by Gasteiger charge is 2.27. The number of anilines is 1. The minimum atomic E-state index is -0.853. The van der Waals surface area contributed by atoms with Gasteiger partial charge >= 0.3 is 0 Å². The van der Waals surface area contributed by atoms with Crippen LogP contribution in [0.15, 0.2) is 23.1 Å². The highest BCUT2D eigenvalue weighted by atomic mass is 19.1. The number of nitrogens with one attached hydrogen (secondary N) is 1. The molecule has 2 aromatic heterocycles. The van der Waals surface area contributed by atoms with Crippen molar-refractivity contribution >= 4 is 16.9 Å². The van der Waals surface area contributed by atoms with Crippen molar-refractivity contribution in [3.63, 3.8) is 0 Å². The van der Waals surface area contributed by atoms with E-state index in [9.17, 15) is 14.3 Å². The molecule has 0 saturated carbocycles. The van der Waals surface area contributed by atoms with Gasteiger partial charge in [-0.2, -0.15) is 0 Å². The third-order valence-corrected chi connectivity index (χ3v) is 7.73. The Balaban J connectivity index is 1.63. The summed E-state index contributed by atoms with van der Waals surface area (Å²) in [4.78, 5) is 24.1. The number of hydrogen-bond donors (Lipinski definition) is 2. The van der Waals surface area contributed by atoms with Crippen molar-refractivity contribution in [2.24, 2.45) is 0 Å². The molecular formula is C28H35F2N5O3. The number of halogens is 2. The summed E-state index contributed by atoms with van der Waals surface area (Å²) in [6, 6.07) is 3.17. The zero-order valence-electron chi connectivity index (χ0n) is 22.3. The molecule has 10 heteroatoms. The maximum absolute atomic E-state index is 15.1. The van der Waals surface area contributed by atoms with E-state index >= 15 is 4.39 Å². The summed E-state index contributed by atoms with van der Waals surface area (Å²) in [6.45, 7) is 10.00. The van der Waals surface area contributed by atoms with E-state index in [2.05, 4.69) is 19.9 Å². The average Bonchev–Trinajstić information content (AvgIpc) is 3.30. The van der Waals surface area contributed by atoms with Gasteiger partial charge in [0.05, 0.1) is 30.5 Å². The molecule has 204 valence electrons. The summed E-state index contributed by atoms with van der Waals surface area (Å²) in [7, 11) is 0. The minimum Gasteiger partial charge on any atom is -0.389 e. The second-order valence-corrected chi connectivity index (χ2v) is 10.7. The van der Waals surface area contributed by atoms with Crippen molar-refractivity contribution in [3.05, 3.63) is 51.2 Å². The van der Waals surface area contributed by atoms with E-state index in [4.69, 9.17) is 4.74 Å². The lowest BCUT2D eigenvalue weighted by Crippen LogP contribution is -2.42. The van der Waals surface area contributed by atoms with Gasteiger partial charge in [0.2, 0.25) is 5.95 Å². The van der Waals surface area contributed by atoms with Crippen LogP contribution in [0.25, 0.3) is 22.2 Å². The molecule has 3 atom stereocenters. The van der Waals surface area contributed by atoms with E-state index in [1.54, 1.807) is 12.1 Å². The van der Waals surface area contributed by atoms with Crippen LogP contribution in [0.1, 0.15) is 49.6 Å². The van der Waals surface area contributed by atoms with Gasteiger partial charge in [-0.25, -0.2) is 18.7 Å². The number of ether oxygens (including phenoxy) is 1. The zero-order chi connectivity index (χ0) is 27.1. The molecule has 0 amide bonds. The summed E-state index contributed by atoms with van der Waals surface area (Å²) in [6.07, 6.45) is 0.630. The first-order chi connectivity index (χ1) is 18.2. The highest BCUT2D eigenvalue weighted by Crippen LogP contribution is 2.33. The normalized spacial score (nSPS) is 22.5. The van der Waals surface area contributed by atoms with Gasteiger partial charge in [-0.05, 0) is 52.2 Å². The molecular weight excluding hydrogens is 492 g/mol. The first-order valence-corrected chi connectivity index (χ1v) is 13.2. The Labute approximate surface area is 220 Å². The molecule has 4 heterocycles. The fraction of sp³-hybridized carbons (Fsp3) is 0.536. The molecule has 2 fully saturated rings. The van der Waals surface area contributed by atoms with Crippen LogP contribution in [0.3, 0.4) is 0 Å². The molecule has 2 aliphatic rings. The second kappa shape index (κ2) is 10.7. The van der Waals surface area contributed by atoms with Crippen molar-refractivity contribution < 1.29 is 18.6 Å². The Morgan fingerprint density at radius 3 is 2.71 bits per heavy atom. The Morgan fingerprint density at radius 1 is 1.24 bits per heavy atom. The molecule has 3 aromatic rings. The molecule has 2 N–H and O–H groups in total. The number of benzene rings is 1. The van der Waals surface area contributed by atoms with Gasteiger partial charge in [0.15, 0.2) is 11.2 Å². The number of likely N-dealkylation sites (tertiary alicyclic amines) is 1. The second-order valence-electron chi connectivity index (χ2n) is 10.7. The van der Waals surface area contributed by atoms with E-state index in [0.29, 0.717) is 55.6 Å². The van der Waals surface area contributed by atoms with E-state index < -0.39 is 18.1 Å². The molecule has 0 aliphatic carbocycles. The number of hydrogen-bond acceptors (Lipinski definition) is 7. The van der Waals surface area contributed by atoms with Crippen molar-refractivity contribution in [2.75, 3.05) is 31.6 Å². The molecule has 2 saturated heterocycles. The van der Waals surface area contributed by atoms with E-state index in [-0.39, 0.29) is 35.8 Å². The number of alkyl halides is 1. The van der Waals surface area contributed by atoms with Crippen molar-refractivity contribution in [2.45, 2.75) is 71.4 Å². The van der Waals surface area contributed by atoms with Gasteiger partial charge < -0.3 is 19.7 Å². The molecule has 1 aromatic carbocycles. The number of aliphatic hydroxyl groups excluding tert-OH is 1. The van der Waals surface area contributed by atoms with E-state index in [1.165, 1.54) is 0 Å². The lowest BCUT2D eigenvalue weighted by Gasteiger charge is -2.28. The van der Waals surface area contributed by atoms with E-state index in [0.717, 1.165) is 23.0 Å². The third-order valence-electron chi connectivity index (χ3n) is 7.73. The largest absolute Gasteiger partial charge is 0.389 e. The molecule has 0 radical (unpaired) electrons. The zero-order valence-corrected chi connectivity index (χ0v) is 22.3. The number of pyridine rings is 1. The summed E-state index contributed by atoms with van der Waals surface area (Å²) in [5, 5.41) is 13.9. The number of aromatic nitrogens is 3. The van der Waals surface area contributed by atoms with Crippen LogP contribution in [-0.2, 0) is 11.3 Å². The Morgan fingerprint density at radius 2 is 2.03 bits per heavy atom. The highest BCUT2D eigenvalue weighted by molar-refractivity contribution is 5.89. The van der Waals surface area contributed by atoms with Crippen molar-refractivity contribution in [1.82, 2.24) is 19.4 Å². The standard InChI is InChI=1S/C28H35F2N5O3/c1-15(2)35-23(13-34-9-7-18(29)12-34)17(4)27(37)20-6-5-19(16(3)26(20)35)25-21(30)11-31-28(33-25)32-22-8-10-38-14-24(22)36/h5-6,11,15,18,22,24,36H,7-10,12-14H2,1-4H3,(H,31,32,33)/t18-,22-,24-/m1/s1. The number of nitrogens with zero attached hydrogens (tertiary/aromatic N) is 4. The first kappa shape index (κ1) is 26.6. The number of fused-ring (bicyclic) bond motifs is 1. The van der Waals surface area contributed by atoms with Gasteiger partial charge in [-0.1, -0.05) is 6.07 Å². The molecule has 0 bridgehead atoms. The van der Waals surface area contributed by atoms with Crippen LogP contribution in [0.5, 0.6) is 0 Å². The number of rotatable bonds is 6. The Hall–Kier alpha value is -2.95. The van der Waals surface area contributed by atoms with Crippen LogP contribution in [0.4, 0.5) is 14.7 Å². The minimum absolute atomic E-state index is 0.00649. The van der Waals surface area contributed by atoms with Crippen molar-refractivity contribution in [3.8, 4) is 11.3 Å². The average molecular weight is 528 g/mol. The van der Waals surface area contributed by atoms with Gasteiger partial charge in [0.1, 0.15) is 11.9 Å². The lowest BCUT2D eigenvalue weighted by molar-refractivity contribution is -0.0136. The van der Waals surface area contributed by atoms with Gasteiger partial charge in [0.25, 0.3) is 0 Å². The predicted molar refractivity (Wildman–Crippen MR) is 143 cm³/mol. The molecule has 8 nitrogen and oxygen atoms in total. The first-order valence-electron chi connectivity index (χ1n) is 13.2. The SMILES string of the molecule is Cc1c(CN2CC[C@@H](F)C2)n(C(C)C)c2c(C)c(-c3nc(N[C@@H]4CCOC[C@H]4O)ncc3F)ccc2c1=O. The smallest absolute Gasteiger partial charge is 0.223 e. The molecule has 2 aliphatic heterocycles. The Bertz CT molecular complexity index is 1410. The summed E-state index contributed by atoms with van der Waals surface area (Å²) < 4.78 is 36.5. The number of aliphatic hydroxyl groups is 1. The molecule has 38 heavy (non-hydrogen) atoms. The Kier molecular flexibility index (Phi) is 7.48. The van der Waals surface area contributed by atoms with Crippen LogP contribution >= 0.6 is 0 Å². The molecule has 0 unspecified atom stereocenters. The van der Waals surface area contributed by atoms with Crippen LogP contribution in [0, 0.1) is 19.7 Å². The summed E-state index contributed by atoms with van der Waals surface area (Å²) in [5.74, 6) is -0.366. The molecule has 5 rings (SSSR count). The fourth-order valence-corrected chi connectivity index (χ4v) is 5.69. The van der Waals surface area contributed by atoms with Crippen LogP contribution in [0.2, 0.25) is 0 Å². The van der Waals surface area contributed by atoms with Crippen LogP contribution < -0.4 is 10.7 Å².